The van der Waals surface area contributed by atoms with Gasteiger partial charge in [0.15, 0.2) is 0 Å². The summed E-state index contributed by atoms with van der Waals surface area (Å²) in [7, 11) is 0.392. The lowest BCUT2D eigenvalue weighted by Gasteiger charge is -2.05. The van der Waals surface area contributed by atoms with E-state index >= 15 is 0 Å². The Morgan fingerprint density at radius 2 is 2.23 bits per heavy atom. The highest BCUT2D eigenvalue weighted by atomic mass is 32.2. The number of hydrogen-bond donors (Lipinski definition) is 0. The van der Waals surface area contributed by atoms with Gasteiger partial charge >= 0.3 is 0 Å². The lowest BCUT2D eigenvalue weighted by molar-refractivity contribution is 0.404. The van der Waals surface area contributed by atoms with E-state index in [0.29, 0.717) is 10.6 Å². The van der Waals surface area contributed by atoms with Gasteiger partial charge in [-0.15, -0.1) is 6.42 Å². The maximum Gasteiger partial charge on any atom is 0.135 e. The summed E-state index contributed by atoms with van der Waals surface area (Å²) >= 11 is 0. The predicted octanol–water partition coefficient (Wildman–Crippen LogP) is 1.44. The molecule has 0 aromatic heterocycles. The first-order valence-corrected chi connectivity index (χ1v) is 5.06. The molecule has 0 heterocycles. The molecule has 1 aromatic carbocycles. The van der Waals surface area contributed by atoms with E-state index in [1.165, 1.54) is 0 Å². The van der Waals surface area contributed by atoms with Crippen molar-refractivity contribution in [2.75, 3.05) is 12.9 Å². The first kappa shape index (κ1) is 9.82. The summed E-state index contributed by atoms with van der Waals surface area (Å²) in [6, 6.07) is 7.16. The maximum atomic E-state index is 11.5. The van der Waals surface area contributed by atoms with E-state index < -0.39 is 10.8 Å². The minimum atomic E-state index is -1.16. The van der Waals surface area contributed by atoms with Crippen molar-refractivity contribution in [1.29, 1.82) is 0 Å². The molecule has 13 heavy (non-hydrogen) atoms. The zero-order chi connectivity index (χ0) is 9.68. The Balaban J connectivity index is 3.00. The largest absolute Gasteiger partial charge is 0.495 e. The molecule has 0 bridgehead atoms. The number of terminal acetylenes is 1. The van der Waals surface area contributed by atoms with E-state index in [4.69, 9.17) is 11.2 Å². The van der Waals surface area contributed by atoms with Crippen LogP contribution in [0.5, 0.6) is 5.75 Å². The monoisotopic (exact) mass is 194 g/mol. The molecule has 0 N–H and O–H groups in total. The molecule has 1 rings (SSSR count). The van der Waals surface area contributed by atoms with E-state index in [0.717, 1.165) is 0 Å². The number of rotatable bonds is 3. The van der Waals surface area contributed by atoms with Crippen molar-refractivity contribution in [3.05, 3.63) is 24.3 Å². The predicted molar refractivity (Wildman–Crippen MR) is 53.1 cm³/mol. The van der Waals surface area contributed by atoms with Crippen molar-refractivity contribution < 1.29 is 8.95 Å². The van der Waals surface area contributed by atoms with Crippen molar-refractivity contribution in [3.63, 3.8) is 0 Å². The Morgan fingerprint density at radius 3 is 2.85 bits per heavy atom. The van der Waals surface area contributed by atoms with Crippen LogP contribution >= 0.6 is 0 Å². The lowest BCUT2D eigenvalue weighted by Crippen LogP contribution is -1.98. The van der Waals surface area contributed by atoms with Gasteiger partial charge in [-0.2, -0.15) is 0 Å². The van der Waals surface area contributed by atoms with E-state index in [9.17, 15) is 4.21 Å². The molecule has 0 fully saturated rings. The van der Waals surface area contributed by atoms with Crippen LogP contribution in [0.4, 0.5) is 0 Å². The summed E-state index contributed by atoms with van der Waals surface area (Å²) in [6.07, 6.45) is 5.07. The second kappa shape index (κ2) is 4.68. The average molecular weight is 194 g/mol. The Morgan fingerprint density at radius 1 is 1.54 bits per heavy atom. The Hall–Kier alpha value is -1.27. The topological polar surface area (TPSA) is 26.3 Å². The molecular formula is C10H10O2S. The summed E-state index contributed by atoms with van der Waals surface area (Å²) in [5, 5.41) is 0. The number of hydrogen-bond acceptors (Lipinski definition) is 2. The van der Waals surface area contributed by atoms with Gasteiger partial charge in [0.2, 0.25) is 0 Å². The average Bonchev–Trinajstić information content (AvgIpc) is 2.18. The highest BCUT2D eigenvalue weighted by Gasteiger charge is 2.07. The fraction of sp³-hybridized carbons (Fsp3) is 0.200. The lowest BCUT2D eigenvalue weighted by atomic mass is 10.3. The standard InChI is InChI=1S/C10H10O2S/c1-3-8-13(11)10-7-5-4-6-9(10)12-2/h1,4-7H,8H2,2H3/t13-/m0/s1. The molecule has 0 amide bonds. The summed E-state index contributed by atoms with van der Waals surface area (Å²) in [4.78, 5) is 0.656. The van der Waals surface area contributed by atoms with Gasteiger partial charge in [0.25, 0.3) is 0 Å². The minimum Gasteiger partial charge on any atom is -0.495 e. The van der Waals surface area contributed by atoms with E-state index in [2.05, 4.69) is 5.92 Å². The molecule has 0 aliphatic carbocycles. The zero-order valence-electron chi connectivity index (χ0n) is 7.32. The van der Waals surface area contributed by atoms with Crippen LogP contribution in [-0.2, 0) is 10.8 Å². The quantitative estimate of drug-likeness (QED) is 0.680. The van der Waals surface area contributed by atoms with Crippen molar-refractivity contribution in [1.82, 2.24) is 0 Å². The fourth-order valence-electron chi connectivity index (χ4n) is 0.960. The molecule has 68 valence electrons. The molecule has 0 aliphatic heterocycles. The van der Waals surface area contributed by atoms with Crippen LogP contribution in [-0.4, -0.2) is 17.1 Å². The summed E-state index contributed by atoms with van der Waals surface area (Å²) in [6.45, 7) is 0. The fourth-order valence-corrected chi connectivity index (χ4v) is 1.87. The van der Waals surface area contributed by atoms with Crippen molar-refractivity contribution in [3.8, 4) is 18.1 Å². The van der Waals surface area contributed by atoms with E-state index in [1.54, 1.807) is 19.2 Å². The zero-order valence-corrected chi connectivity index (χ0v) is 8.14. The van der Waals surface area contributed by atoms with Gasteiger partial charge in [-0.25, -0.2) is 0 Å². The number of methoxy groups -OCH3 is 1. The van der Waals surface area contributed by atoms with Gasteiger partial charge in [-0.3, -0.25) is 4.21 Å². The van der Waals surface area contributed by atoms with Crippen molar-refractivity contribution in [2.45, 2.75) is 4.90 Å². The van der Waals surface area contributed by atoms with Gasteiger partial charge in [0.1, 0.15) is 5.75 Å². The molecule has 3 heteroatoms. The highest BCUT2D eigenvalue weighted by molar-refractivity contribution is 7.85. The normalized spacial score (nSPS) is 11.7. The van der Waals surface area contributed by atoms with Crippen LogP contribution in [0.1, 0.15) is 0 Å². The molecule has 0 saturated carbocycles. The van der Waals surface area contributed by atoms with E-state index in [1.807, 2.05) is 12.1 Å². The van der Waals surface area contributed by atoms with Crippen LogP contribution in [0.25, 0.3) is 0 Å². The van der Waals surface area contributed by atoms with Gasteiger partial charge in [-0.1, -0.05) is 18.1 Å². The van der Waals surface area contributed by atoms with Crippen LogP contribution in [0.15, 0.2) is 29.2 Å². The van der Waals surface area contributed by atoms with Crippen LogP contribution < -0.4 is 4.74 Å². The second-order valence-electron chi connectivity index (χ2n) is 2.34. The summed E-state index contributed by atoms with van der Waals surface area (Å²) in [5.74, 6) is 3.21. The summed E-state index contributed by atoms with van der Waals surface area (Å²) < 4.78 is 16.6. The van der Waals surface area contributed by atoms with Gasteiger partial charge < -0.3 is 4.74 Å². The molecule has 0 spiro atoms. The Bertz CT molecular complexity index is 352. The third-order valence-electron chi connectivity index (χ3n) is 1.53. The van der Waals surface area contributed by atoms with Gasteiger partial charge in [-0.05, 0) is 12.1 Å². The minimum absolute atomic E-state index is 0.223. The first-order chi connectivity index (χ1) is 6.29. The molecular weight excluding hydrogens is 184 g/mol. The van der Waals surface area contributed by atoms with Crippen LogP contribution in [0.2, 0.25) is 0 Å². The van der Waals surface area contributed by atoms with Crippen LogP contribution in [0, 0.1) is 12.3 Å². The Labute approximate surface area is 80.4 Å². The maximum absolute atomic E-state index is 11.5. The molecule has 2 nitrogen and oxygen atoms in total. The third kappa shape index (κ3) is 2.33. The van der Waals surface area contributed by atoms with Crippen molar-refractivity contribution >= 4 is 10.8 Å². The van der Waals surface area contributed by atoms with Gasteiger partial charge in [0, 0.05) is 0 Å². The van der Waals surface area contributed by atoms with Crippen LogP contribution in [0.3, 0.4) is 0 Å². The van der Waals surface area contributed by atoms with Crippen molar-refractivity contribution in [2.24, 2.45) is 0 Å². The van der Waals surface area contributed by atoms with Gasteiger partial charge in [0.05, 0.1) is 28.6 Å². The molecule has 1 aromatic rings. The molecule has 0 aliphatic rings. The molecule has 0 unspecified atom stereocenters. The number of benzene rings is 1. The highest BCUT2D eigenvalue weighted by Crippen LogP contribution is 2.20. The SMILES string of the molecule is C#CC[S@](=O)c1ccccc1OC. The molecule has 0 radical (unpaired) electrons. The summed E-state index contributed by atoms with van der Waals surface area (Å²) in [5.41, 5.74) is 0. The second-order valence-corrected chi connectivity index (χ2v) is 3.76. The smallest absolute Gasteiger partial charge is 0.135 e. The number of para-hydroxylation sites is 1. The number of ether oxygens (including phenoxy) is 1. The van der Waals surface area contributed by atoms with E-state index in [-0.39, 0.29) is 5.75 Å². The molecule has 1 atom stereocenters. The first-order valence-electron chi connectivity index (χ1n) is 3.74. The third-order valence-corrected chi connectivity index (χ3v) is 2.79. The molecule has 0 saturated heterocycles. The Kier molecular flexibility index (Phi) is 3.53.